The van der Waals surface area contributed by atoms with Crippen LogP contribution in [0.2, 0.25) is 0 Å². The van der Waals surface area contributed by atoms with E-state index in [0.29, 0.717) is 6.42 Å². The largest absolute Gasteiger partial charge is 0.340 e. The highest BCUT2D eigenvalue weighted by atomic mass is 79.9. The highest BCUT2D eigenvalue weighted by Crippen LogP contribution is 2.22. The number of hydrogen-bond donors (Lipinski definition) is 1. The van der Waals surface area contributed by atoms with Gasteiger partial charge in [0, 0.05) is 50.6 Å². The summed E-state index contributed by atoms with van der Waals surface area (Å²) in [5.74, 6) is 0.278. The normalized spacial score (nSPS) is 16.1. The number of thiophene rings is 1. The van der Waals surface area contributed by atoms with Gasteiger partial charge < -0.3 is 15.1 Å². The molecule has 0 aromatic carbocycles. The summed E-state index contributed by atoms with van der Waals surface area (Å²) < 4.78 is 1.16. The molecule has 1 saturated heterocycles. The van der Waals surface area contributed by atoms with Gasteiger partial charge in [0.25, 0.3) is 0 Å². The Bertz CT molecular complexity index is 418. The summed E-state index contributed by atoms with van der Waals surface area (Å²) in [4.78, 5) is 17.5. The molecule has 0 atom stereocenters. The molecule has 0 aliphatic carbocycles. The highest BCUT2D eigenvalue weighted by molar-refractivity contribution is 9.11. The highest BCUT2D eigenvalue weighted by Gasteiger charge is 2.16. The Hall–Kier alpha value is -0.430. The monoisotopic (exact) mass is 345 g/mol. The molecule has 1 amide bonds. The molecule has 1 fully saturated rings. The molecule has 6 heteroatoms. The third-order valence-corrected chi connectivity index (χ3v) is 4.84. The van der Waals surface area contributed by atoms with Gasteiger partial charge in [0.15, 0.2) is 0 Å². The first-order chi connectivity index (χ1) is 9.15. The average molecular weight is 346 g/mol. The van der Waals surface area contributed by atoms with Crippen molar-refractivity contribution in [2.45, 2.75) is 13.0 Å². The van der Waals surface area contributed by atoms with Crippen LogP contribution in [-0.4, -0.2) is 55.5 Å². The second kappa shape index (κ2) is 7.38. The molecule has 19 heavy (non-hydrogen) atoms. The van der Waals surface area contributed by atoms with Crippen molar-refractivity contribution < 1.29 is 4.79 Å². The summed E-state index contributed by atoms with van der Waals surface area (Å²) in [6.07, 6.45) is 0.614. The minimum Gasteiger partial charge on any atom is -0.340 e. The molecule has 1 aliphatic rings. The van der Waals surface area contributed by atoms with E-state index in [1.807, 2.05) is 4.90 Å². The fourth-order valence-electron chi connectivity index (χ4n) is 2.14. The summed E-state index contributed by atoms with van der Waals surface area (Å²) >= 11 is 5.22. The van der Waals surface area contributed by atoms with E-state index in [9.17, 15) is 4.79 Å². The van der Waals surface area contributed by atoms with E-state index in [1.54, 1.807) is 11.3 Å². The lowest BCUT2D eigenvalue weighted by molar-refractivity contribution is -0.132. The van der Waals surface area contributed by atoms with Gasteiger partial charge in [-0.1, -0.05) is 0 Å². The molecule has 0 radical (unpaired) electrons. The fourth-order valence-corrected chi connectivity index (χ4v) is 3.70. The Morgan fingerprint density at radius 3 is 2.84 bits per heavy atom. The smallest absolute Gasteiger partial charge is 0.223 e. The number of carbonyl (C=O) groups excluding carboxylic acids is 1. The lowest BCUT2D eigenvalue weighted by Crippen LogP contribution is -2.46. The third kappa shape index (κ3) is 4.87. The zero-order chi connectivity index (χ0) is 13.7. The second-order valence-electron chi connectivity index (χ2n) is 4.82. The van der Waals surface area contributed by atoms with Gasteiger partial charge in [0.1, 0.15) is 0 Å². The van der Waals surface area contributed by atoms with Crippen molar-refractivity contribution in [1.82, 2.24) is 15.1 Å². The summed E-state index contributed by atoms with van der Waals surface area (Å²) in [6, 6.07) is 4.20. The molecule has 1 aliphatic heterocycles. The summed E-state index contributed by atoms with van der Waals surface area (Å²) in [5, 5.41) is 3.26. The lowest BCUT2D eigenvalue weighted by Gasteiger charge is -2.28. The number of amides is 1. The summed E-state index contributed by atoms with van der Waals surface area (Å²) in [6.45, 7) is 5.26. The first-order valence-electron chi connectivity index (χ1n) is 6.56. The van der Waals surface area contributed by atoms with E-state index in [2.05, 4.69) is 45.3 Å². The zero-order valence-corrected chi connectivity index (χ0v) is 13.6. The predicted octanol–water partition coefficient (Wildman–Crippen LogP) is 1.76. The lowest BCUT2D eigenvalue weighted by atomic mass is 10.3. The maximum absolute atomic E-state index is 12.0. The number of rotatable bonds is 5. The molecular weight excluding hydrogens is 326 g/mol. The van der Waals surface area contributed by atoms with Crippen LogP contribution in [0.3, 0.4) is 0 Å². The van der Waals surface area contributed by atoms with Crippen LogP contribution in [0.5, 0.6) is 0 Å². The molecule has 1 aromatic rings. The third-order valence-electron chi connectivity index (χ3n) is 3.23. The van der Waals surface area contributed by atoms with E-state index in [4.69, 9.17) is 0 Å². The molecule has 4 nitrogen and oxygen atoms in total. The van der Waals surface area contributed by atoms with Crippen LogP contribution >= 0.6 is 27.3 Å². The summed E-state index contributed by atoms with van der Waals surface area (Å²) in [5.41, 5.74) is 0. The maximum atomic E-state index is 12.0. The SMILES string of the molecule is CN(CCC(=O)N1CCNCC1)Cc1ccc(Br)s1. The molecule has 0 saturated carbocycles. The average Bonchev–Trinajstić information content (AvgIpc) is 2.82. The second-order valence-corrected chi connectivity index (χ2v) is 7.37. The van der Waals surface area contributed by atoms with Gasteiger partial charge in [0.2, 0.25) is 5.91 Å². The van der Waals surface area contributed by atoms with E-state index >= 15 is 0 Å². The van der Waals surface area contributed by atoms with Gasteiger partial charge in [-0.15, -0.1) is 11.3 Å². The fraction of sp³-hybridized carbons (Fsp3) is 0.615. The molecule has 2 heterocycles. The van der Waals surface area contributed by atoms with Crippen molar-refractivity contribution in [2.24, 2.45) is 0 Å². The van der Waals surface area contributed by atoms with Gasteiger partial charge in [-0.25, -0.2) is 0 Å². The molecule has 106 valence electrons. The molecule has 0 unspecified atom stereocenters. The summed E-state index contributed by atoms with van der Waals surface area (Å²) in [7, 11) is 2.07. The minimum absolute atomic E-state index is 0.278. The van der Waals surface area contributed by atoms with Crippen LogP contribution in [0.1, 0.15) is 11.3 Å². The maximum Gasteiger partial charge on any atom is 0.223 e. The van der Waals surface area contributed by atoms with Crippen molar-refractivity contribution in [1.29, 1.82) is 0 Å². The number of halogens is 1. The van der Waals surface area contributed by atoms with Crippen LogP contribution in [0.25, 0.3) is 0 Å². The van der Waals surface area contributed by atoms with Crippen molar-refractivity contribution in [3.05, 3.63) is 20.8 Å². The van der Waals surface area contributed by atoms with Crippen molar-refractivity contribution >= 4 is 33.2 Å². The first kappa shape index (κ1) is 15.0. The van der Waals surface area contributed by atoms with E-state index in [-0.39, 0.29) is 5.91 Å². The molecule has 2 rings (SSSR count). The number of nitrogens with one attached hydrogen (secondary N) is 1. The van der Waals surface area contributed by atoms with Crippen LogP contribution in [0.15, 0.2) is 15.9 Å². The van der Waals surface area contributed by atoms with Gasteiger partial charge in [0.05, 0.1) is 3.79 Å². The Morgan fingerprint density at radius 1 is 1.47 bits per heavy atom. The van der Waals surface area contributed by atoms with Gasteiger partial charge in [-0.05, 0) is 35.1 Å². The number of nitrogens with zero attached hydrogens (tertiary/aromatic N) is 2. The molecule has 1 aromatic heterocycles. The molecular formula is C13H20BrN3OS. The Labute approximate surface area is 126 Å². The van der Waals surface area contributed by atoms with Crippen molar-refractivity contribution in [2.75, 3.05) is 39.8 Å². The minimum atomic E-state index is 0.278. The quantitative estimate of drug-likeness (QED) is 0.883. The Morgan fingerprint density at radius 2 is 2.21 bits per heavy atom. The van der Waals surface area contributed by atoms with Crippen LogP contribution in [0.4, 0.5) is 0 Å². The van der Waals surface area contributed by atoms with Gasteiger partial charge in [-0.3, -0.25) is 4.79 Å². The number of carbonyl (C=O) groups is 1. The van der Waals surface area contributed by atoms with E-state index in [0.717, 1.165) is 43.1 Å². The Balaban J connectivity index is 1.70. The van der Waals surface area contributed by atoms with Crippen LogP contribution < -0.4 is 5.32 Å². The topological polar surface area (TPSA) is 35.6 Å². The molecule has 0 spiro atoms. The number of hydrogen-bond acceptors (Lipinski definition) is 4. The number of piperazine rings is 1. The standard InChI is InChI=1S/C13H20BrN3OS/c1-16(10-11-2-3-12(14)19-11)7-4-13(18)17-8-5-15-6-9-17/h2-3,15H,4-10H2,1H3. The molecule has 0 bridgehead atoms. The molecule has 1 N–H and O–H groups in total. The zero-order valence-electron chi connectivity index (χ0n) is 11.2. The van der Waals surface area contributed by atoms with E-state index < -0.39 is 0 Å². The van der Waals surface area contributed by atoms with Crippen molar-refractivity contribution in [3.8, 4) is 0 Å². The van der Waals surface area contributed by atoms with Gasteiger partial charge in [-0.2, -0.15) is 0 Å². The van der Waals surface area contributed by atoms with Crippen LogP contribution in [0, 0.1) is 0 Å². The Kier molecular flexibility index (Phi) is 5.81. The van der Waals surface area contributed by atoms with Gasteiger partial charge >= 0.3 is 0 Å². The predicted molar refractivity (Wildman–Crippen MR) is 82.4 cm³/mol. The van der Waals surface area contributed by atoms with Crippen molar-refractivity contribution in [3.63, 3.8) is 0 Å². The van der Waals surface area contributed by atoms with E-state index in [1.165, 1.54) is 4.88 Å². The van der Waals surface area contributed by atoms with Crippen LogP contribution in [-0.2, 0) is 11.3 Å². The first-order valence-corrected chi connectivity index (χ1v) is 8.17.